The number of allylic oxidation sites excluding steroid dienone is 4. The summed E-state index contributed by atoms with van der Waals surface area (Å²) in [5.74, 6) is 0. The second kappa shape index (κ2) is 4.99. The first kappa shape index (κ1) is 14.5. The van der Waals surface area contributed by atoms with Crippen molar-refractivity contribution >= 4 is 0 Å². The third-order valence-corrected chi connectivity index (χ3v) is 2.90. The van der Waals surface area contributed by atoms with Crippen LogP contribution in [0.3, 0.4) is 0 Å². The molecule has 0 N–H and O–H groups in total. The molecule has 0 radical (unpaired) electrons. The molecular weight excluding hydrogens is 196 g/mol. The minimum Gasteiger partial charge on any atom is -0.197 e. The largest absolute Gasteiger partial charge is 0.197 e. The Hall–Kier alpha value is -1.54. The predicted molar refractivity (Wildman–Crippen MR) is 66.3 cm³/mol. The van der Waals surface area contributed by atoms with Crippen LogP contribution in [-0.4, -0.2) is 0 Å². The Kier molecular flexibility index (Phi) is 4.51. The second-order valence-electron chi connectivity index (χ2n) is 5.20. The van der Waals surface area contributed by atoms with Gasteiger partial charge in [-0.1, -0.05) is 31.6 Å². The van der Waals surface area contributed by atoms with Crippen molar-refractivity contribution in [2.24, 2.45) is 10.8 Å². The molecule has 16 heavy (non-hydrogen) atoms. The minimum absolute atomic E-state index is 0.362. The maximum Gasteiger partial charge on any atom is 0.0940 e. The summed E-state index contributed by atoms with van der Waals surface area (Å²) in [6.45, 7) is 11.6. The van der Waals surface area contributed by atoms with Crippen molar-refractivity contribution in [1.29, 1.82) is 10.5 Å². The fourth-order valence-corrected chi connectivity index (χ4v) is 1.66. The van der Waals surface area contributed by atoms with Crippen LogP contribution in [0, 0.1) is 33.5 Å². The summed E-state index contributed by atoms with van der Waals surface area (Å²) in [6, 6.07) is 4.45. The highest BCUT2D eigenvalue weighted by atomic mass is 14.4. The molecule has 0 saturated carbocycles. The van der Waals surface area contributed by atoms with Crippen molar-refractivity contribution in [2.45, 2.75) is 41.5 Å². The van der Waals surface area contributed by atoms with E-state index in [1.165, 1.54) is 0 Å². The lowest BCUT2D eigenvalue weighted by molar-refractivity contribution is 0.279. The van der Waals surface area contributed by atoms with Crippen LogP contribution in [0.4, 0.5) is 0 Å². The highest BCUT2D eigenvalue weighted by Crippen LogP contribution is 2.42. The maximum absolute atomic E-state index is 9.35. The van der Waals surface area contributed by atoms with Crippen LogP contribution >= 0.6 is 0 Å². The Labute approximate surface area is 98.9 Å². The van der Waals surface area contributed by atoms with E-state index in [1.807, 2.05) is 46.8 Å². The van der Waals surface area contributed by atoms with Crippen LogP contribution in [0.5, 0.6) is 0 Å². The van der Waals surface area contributed by atoms with Crippen LogP contribution in [0.2, 0.25) is 0 Å². The van der Waals surface area contributed by atoms with Gasteiger partial charge in [0, 0.05) is 11.0 Å². The molecule has 1 unspecified atom stereocenters. The Balaban J connectivity index is 5.53. The first-order valence-electron chi connectivity index (χ1n) is 5.35. The molecule has 0 aliphatic heterocycles. The predicted octanol–water partition coefficient (Wildman–Crippen LogP) is 3.98. The van der Waals surface area contributed by atoms with Gasteiger partial charge in [0.25, 0.3) is 0 Å². The average Bonchev–Trinajstić information content (AvgIpc) is 2.15. The molecule has 0 saturated heterocycles. The minimum atomic E-state index is -0.593. The Bertz CT molecular complexity index is 395. The molecule has 0 aromatic rings. The van der Waals surface area contributed by atoms with E-state index in [-0.39, 0.29) is 5.41 Å². The van der Waals surface area contributed by atoms with E-state index in [9.17, 15) is 5.26 Å². The summed E-state index contributed by atoms with van der Waals surface area (Å²) in [6.07, 6.45) is 3.84. The average molecular weight is 216 g/mol. The Morgan fingerprint density at radius 1 is 1.00 bits per heavy atom. The van der Waals surface area contributed by atoms with Gasteiger partial charge in [-0.3, -0.25) is 0 Å². The quantitative estimate of drug-likeness (QED) is 0.529. The van der Waals surface area contributed by atoms with Gasteiger partial charge in [-0.05, 0) is 27.7 Å². The summed E-state index contributed by atoms with van der Waals surface area (Å²) < 4.78 is 0. The number of rotatable bonds is 3. The van der Waals surface area contributed by atoms with Crippen molar-refractivity contribution in [3.63, 3.8) is 0 Å². The first-order chi connectivity index (χ1) is 7.18. The van der Waals surface area contributed by atoms with Gasteiger partial charge in [-0.15, -0.1) is 0 Å². The molecule has 0 rings (SSSR count). The van der Waals surface area contributed by atoms with Gasteiger partial charge >= 0.3 is 0 Å². The van der Waals surface area contributed by atoms with Gasteiger partial charge in [-0.25, -0.2) is 0 Å². The van der Waals surface area contributed by atoms with E-state index < -0.39 is 5.41 Å². The molecule has 0 amide bonds. The highest BCUT2D eigenvalue weighted by molar-refractivity contribution is 5.28. The number of hydrogen-bond acceptors (Lipinski definition) is 2. The van der Waals surface area contributed by atoms with E-state index in [4.69, 9.17) is 5.26 Å². The zero-order valence-corrected chi connectivity index (χ0v) is 11.0. The van der Waals surface area contributed by atoms with E-state index in [0.29, 0.717) is 5.57 Å². The molecule has 0 aliphatic rings. The lowest BCUT2D eigenvalue weighted by Crippen LogP contribution is -2.31. The molecule has 0 fully saturated rings. The zero-order valence-electron chi connectivity index (χ0n) is 11.0. The van der Waals surface area contributed by atoms with Gasteiger partial charge in [0.1, 0.15) is 0 Å². The summed E-state index contributed by atoms with van der Waals surface area (Å²) in [7, 11) is 0. The van der Waals surface area contributed by atoms with Crippen molar-refractivity contribution in [2.75, 3.05) is 0 Å². The molecular formula is C14H20N2. The summed E-state index contributed by atoms with van der Waals surface area (Å²) in [5.41, 5.74) is 0.803. The molecule has 1 atom stereocenters. The summed E-state index contributed by atoms with van der Waals surface area (Å²) >= 11 is 0. The van der Waals surface area contributed by atoms with Crippen molar-refractivity contribution in [3.8, 4) is 12.1 Å². The van der Waals surface area contributed by atoms with Gasteiger partial charge < -0.3 is 0 Å². The molecule has 0 spiro atoms. The molecule has 0 aromatic carbocycles. The van der Waals surface area contributed by atoms with Crippen molar-refractivity contribution < 1.29 is 0 Å². The SMILES string of the molecule is CC(C)=CC(C)(C#N)C(C)(C)/C=C(\C)C#N. The third-order valence-electron chi connectivity index (χ3n) is 2.90. The van der Waals surface area contributed by atoms with E-state index in [2.05, 4.69) is 12.1 Å². The van der Waals surface area contributed by atoms with Crippen molar-refractivity contribution in [1.82, 2.24) is 0 Å². The Morgan fingerprint density at radius 3 is 1.81 bits per heavy atom. The van der Waals surface area contributed by atoms with Gasteiger partial charge in [0.05, 0.1) is 17.6 Å². The van der Waals surface area contributed by atoms with Crippen LogP contribution in [0.15, 0.2) is 23.3 Å². The van der Waals surface area contributed by atoms with Crippen LogP contribution in [-0.2, 0) is 0 Å². The van der Waals surface area contributed by atoms with Crippen LogP contribution < -0.4 is 0 Å². The van der Waals surface area contributed by atoms with Gasteiger partial charge in [0.2, 0.25) is 0 Å². The standard InChI is InChI=1S/C14H20N2/c1-11(2)7-14(6,10-16)13(4,5)8-12(3)9-15/h7-8H,1-6H3/b12-8+. The Morgan fingerprint density at radius 2 is 1.50 bits per heavy atom. The van der Waals surface area contributed by atoms with E-state index >= 15 is 0 Å². The molecule has 2 nitrogen and oxygen atoms in total. The molecule has 86 valence electrons. The second-order valence-corrected chi connectivity index (χ2v) is 5.20. The van der Waals surface area contributed by atoms with Crippen molar-refractivity contribution in [3.05, 3.63) is 23.3 Å². The molecule has 0 aliphatic carbocycles. The fraction of sp³-hybridized carbons (Fsp3) is 0.571. The number of hydrogen-bond donors (Lipinski definition) is 0. The maximum atomic E-state index is 9.35. The van der Waals surface area contributed by atoms with Crippen LogP contribution in [0.25, 0.3) is 0 Å². The molecule has 0 aromatic heterocycles. The van der Waals surface area contributed by atoms with Gasteiger partial charge in [0.15, 0.2) is 0 Å². The molecule has 0 bridgehead atoms. The van der Waals surface area contributed by atoms with E-state index in [1.54, 1.807) is 6.92 Å². The topological polar surface area (TPSA) is 47.6 Å². The van der Waals surface area contributed by atoms with Crippen LogP contribution in [0.1, 0.15) is 41.5 Å². The van der Waals surface area contributed by atoms with Gasteiger partial charge in [-0.2, -0.15) is 10.5 Å². The molecule has 0 heterocycles. The molecule has 2 heteroatoms. The number of nitrogens with zero attached hydrogens (tertiary/aromatic N) is 2. The normalized spacial score (nSPS) is 15.6. The smallest absolute Gasteiger partial charge is 0.0940 e. The highest BCUT2D eigenvalue weighted by Gasteiger charge is 2.38. The van der Waals surface area contributed by atoms with E-state index in [0.717, 1.165) is 5.57 Å². The fourth-order valence-electron chi connectivity index (χ4n) is 1.66. The third kappa shape index (κ3) is 3.24. The lowest BCUT2D eigenvalue weighted by atomic mass is 9.66. The summed E-state index contributed by atoms with van der Waals surface area (Å²) in [5, 5.41) is 18.2. The number of nitriles is 2. The summed E-state index contributed by atoms with van der Waals surface area (Å²) in [4.78, 5) is 0. The lowest BCUT2D eigenvalue weighted by Gasteiger charge is -2.35. The monoisotopic (exact) mass is 216 g/mol. The first-order valence-corrected chi connectivity index (χ1v) is 5.35. The zero-order chi connectivity index (χ0) is 13.0.